The number of nitrogens with zero attached hydrogens (tertiary/aromatic N) is 1. The topological polar surface area (TPSA) is 94.2 Å². The average molecular weight is 467 g/mol. The van der Waals surface area contributed by atoms with Gasteiger partial charge in [0.2, 0.25) is 15.9 Å². The maximum atomic E-state index is 13.1. The monoisotopic (exact) mass is 466 g/mol. The summed E-state index contributed by atoms with van der Waals surface area (Å²) in [5.41, 5.74) is 0. The van der Waals surface area contributed by atoms with E-state index < -0.39 is 10.0 Å². The third-order valence-electron chi connectivity index (χ3n) is 5.28. The molecule has 1 aliphatic heterocycles. The molecule has 1 heterocycles. The molecule has 1 N–H and O–H groups in total. The van der Waals surface area contributed by atoms with E-state index in [0.717, 1.165) is 0 Å². The van der Waals surface area contributed by atoms with Gasteiger partial charge < -0.3 is 19.5 Å². The fourth-order valence-electron chi connectivity index (χ4n) is 3.53. The van der Waals surface area contributed by atoms with E-state index in [4.69, 9.17) is 14.2 Å². The summed E-state index contributed by atoms with van der Waals surface area (Å²) in [7, 11) is -0.781. The van der Waals surface area contributed by atoms with Crippen molar-refractivity contribution in [2.75, 3.05) is 40.5 Å². The average Bonchev–Trinajstić information content (AvgIpc) is 2.81. The summed E-state index contributed by atoms with van der Waals surface area (Å²) in [6, 6.07) is 10.3. The molecule has 1 amide bonds. The molecule has 10 heteroatoms. The second-order valence-electron chi connectivity index (χ2n) is 7.29. The van der Waals surface area contributed by atoms with Crippen molar-refractivity contribution in [2.24, 2.45) is 5.92 Å². The van der Waals surface area contributed by atoms with E-state index in [2.05, 4.69) is 5.32 Å². The van der Waals surface area contributed by atoms with E-state index in [0.29, 0.717) is 30.1 Å². The van der Waals surface area contributed by atoms with Gasteiger partial charge in [-0.1, -0.05) is 6.07 Å². The number of hydrogen-bond acceptors (Lipinski definition) is 6. The summed E-state index contributed by atoms with van der Waals surface area (Å²) in [4.78, 5) is 12.5. The SMILES string of the molecule is COc1ccc(S(=O)(=O)N2CCC(C(=O)NCCOc3cccc(F)c3)CC2)cc1OC. The minimum Gasteiger partial charge on any atom is -0.493 e. The Morgan fingerprint density at radius 3 is 2.47 bits per heavy atom. The van der Waals surface area contributed by atoms with Gasteiger partial charge in [0, 0.05) is 31.1 Å². The Balaban J connectivity index is 1.49. The second-order valence-corrected chi connectivity index (χ2v) is 9.23. The molecular formula is C22H27FN2O6S. The van der Waals surface area contributed by atoms with Crippen molar-refractivity contribution in [1.82, 2.24) is 9.62 Å². The Hall–Kier alpha value is -2.85. The molecule has 1 fully saturated rings. The molecule has 0 radical (unpaired) electrons. The van der Waals surface area contributed by atoms with Crippen LogP contribution in [0.5, 0.6) is 17.2 Å². The first-order valence-corrected chi connectivity index (χ1v) is 11.7. The molecule has 0 aromatic heterocycles. The van der Waals surface area contributed by atoms with E-state index >= 15 is 0 Å². The van der Waals surface area contributed by atoms with Crippen molar-refractivity contribution < 1.29 is 31.8 Å². The molecule has 3 rings (SSSR count). The number of methoxy groups -OCH3 is 2. The van der Waals surface area contributed by atoms with Crippen molar-refractivity contribution in [3.63, 3.8) is 0 Å². The molecule has 0 unspecified atom stereocenters. The van der Waals surface area contributed by atoms with Crippen LogP contribution in [0.3, 0.4) is 0 Å². The van der Waals surface area contributed by atoms with Gasteiger partial charge in [-0.15, -0.1) is 0 Å². The number of benzene rings is 2. The van der Waals surface area contributed by atoms with Crippen LogP contribution in [0.4, 0.5) is 4.39 Å². The largest absolute Gasteiger partial charge is 0.493 e. The van der Waals surface area contributed by atoms with E-state index in [1.54, 1.807) is 18.2 Å². The number of sulfonamides is 1. The van der Waals surface area contributed by atoms with E-state index in [-0.39, 0.29) is 48.8 Å². The standard InChI is InChI=1S/C22H27FN2O6S/c1-29-20-7-6-19(15-21(20)30-2)32(27,28)25-11-8-16(9-12-25)22(26)24-10-13-31-18-5-3-4-17(23)14-18/h3-7,14-16H,8-13H2,1-2H3,(H,24,26). The second kappa shape index (κ2) is 10.6. The first-order valence-electron chi connectivity index (χ1n) is 10.2. The maximum Gasteiger partial charge on any atom is 0.243 e. The highest BCUT2D eigenvalue weighted by Gasteiger charge is 2.32. The van der Waals surface area contributed by atoms with Crippen molar-refractivity contribution >= 4 is 15.9 Å². The highest BCUT2D eigenvalue weighted by atomic mass is 32.2. The Morgan fingerprint density at radius 1 is 1.09 bits per heavy atom. The molecule has 1 saturated heterocycles. The zero-order valence-electron chi connectivity index (χ0n) is 18.0. The van der Waals surface area contributed by atoms with Gasteiger partial charge in [0.1, 0.15) is 18.2 Å². The lowest BCUT2D eigenvalue weighted by molar-refractivity contribution is -0.126. The summed E-state index contributed by atoms with van der Waals surface area (Å²) in [6.07, 6.45) is 0.839. The van der Waals surface area contributed by atoms with Gasteiger partial charge in [-0.2, -0.15) is 4.31 Å². The molecule has 32 heavy (non-hydrogen) atoms. The van der Waals surface area contributed by atoms with E-state index in [1.165, 1.54) is 42.8 Å². The molecule has 2 aromatic carbocycles. The number of rotatable bonds is 9. The summed E-state index contributed by atoms with van der Waals surface area (Å²) < 4.78 is 56.3. The molecule has 0 bridgehead atoms. The van der Waals surface area contributed by atoms with E-state index in [9.17, 15) is 17.6 Å². The Morgan fingerprint density at radius 2 is 1.81 bits per heavy atom. The minimum atomic E-state index is -3.71. The van der Waals surface area contributed by atoms with Gasteiger partial charge in [-0.25, -0.2) is 12.8 Å². The molecule has 0 atom stereocenters. The summed E-state index contributed by atoms with van der Waals surface area (Å²) >= 11 is 0. The predicted octanol–water partition coefficient (Wildman–Crippen LogP) is 2.44. The van der Waals surface area contributed by atoms with Gasteiger partial charge >= 0.3 is 0 Å². The quantitative estimate of drug-likeness (QED) is 0.571. The summed E-state index contributed by atoms with van der Waals surface area (Å²) in [5.74, 6) is 0.373. The van der Waals surface area contributed by atoms with Crippen LogP contribution in [0.25, 0.3) is 0 Å². The third kappa shape index (κ3) is 5.68. The zero-order chi connectivity index (χ0) is 23.1. The number of nitrogens with one attached hydrogen (secondary N) is 1. The fourth-order valence-corrected chi connectivity index (χ4v) is 5.01. The molecule has 174 valence electrons. The maximum absolute atomic E-state index is 13.1. The van der Waals surface area contributed by atoms with Crippen molar-refractivity contribution in [3.8, 4) is 17.2 Å². The van der Waals surface area contributed by atoms with Crippen LogP contribution in [0.1, 0.15) is 12.8 Å². The van der Waals surface area contributed by atoms with Gasteiger partial charge in [-0.3, -0.25) is 4.79 Å². The smallest absolute Gasteiger partial charge is 0.243 e. The lowest BCUT2D eigenvalue weighted by Crippen LogP contribution is -2.43. The van der Waals surface area contributed by atoms with Crippen LogP contribution in [0.2, 0.25) is 0 Å². The minimum absolute atomic E-state index is 0.118. The van der Waals surface area contributed by atoms with Crippen LogP contribution in [-0.4, -0.2) is 59.1 Å². The number of amides is 1. The van der Waals surface area contributed by atoms with Gasteiger partial charge in [-0.05, 0) is 37.1 Å². The summed E-state index contributed by atoms with van der Waals surface area (Å²) in [6.45, 7) is 0.977. The number of carbonyl (C=O) groups excluding carboxylic acids is 1. The van der Waals surface area contributed by atoms with Gasteiger partial charge in [0.05, 0.1) is 25.7 Å². The fraction of sp³-hybridized carbons (Fsp3) is 0.409. The molecule has 0 spiro atoms. The Labute approximate surface area is 187 Å². The van der Waals surface area contributed by atoms with Crippen LogP contribution in [0.15, 0.2) is 47.4 Å². The normalized spacial score (nSPS) is 15.2. The van der Waals surface area contributed by atoms with E-state index in [1.807, 2.05) is 0 Å². The number of hydrogen-bond donors (Lipinski definition) is 1. The van der Waals surface area contributed by atoms with Crippen LogP contribution < -0.4 is 19.5 Å². The molecule has 0 aliphatic carbocycles. The number of carbonyl (C=O) groups is 1. The molecule has 1 aliphatic rings. The van der Waals surface area contributed by atoms with Crippen molar-refractivity contribution in [1.29, 1.82) is 0 Å². The molecule has 0 saturated carbocycles. The Kier molecular flexibility index (Phi) is 7.92. The Bertz CT molecular complexity index is 1040. The number of halogens is 1. The van der Waals surface area contributed by atoms with Crippen LogP contribution in [-0.2, 0) is 14.8 Å². The van der Waals surface area contributed by atoms with Gasteiger partial charge in [0.25, 0.3) is 0 Å². The van der Waals surface area contributed by atoms with Crippen molar-refractivity contribution in [3.05, 3.63) is 48.3 Å². The third-order valence-corrected chi connectivity index (χ3v) is 7.18. The highest BCUT2D eigenvalue weighted by Crippen LogP contribution is 2.32. The number of ether oxygens (including phenoxy) is 3. The molecule has 2 aromatic rings. The first kappa shape index (κ1) is 23.8. The molecular weight excluding hydrogens is 439 g/mol. The van der Waals surface area contributed by atoms with Crippen LogP contribution >= 0.6 is 0 Å². The lowest BCUT2D eigenvalue weighted by Gasteiger charge is -2.30. The van der Waals surface area contributed by atoms with Crippen LogP contribution in [0, 0.1) is 11.7 Å². The van der Waals surface area contributed by atoms with Gasteiger partial charge in [0.15, 0.2) is 11.5 Å². The summed E-state index contributed by atoms with van der Waals surface area (Å²) in [5, 5.41) is 2.79. The zero-order valence-corrected chi connectivity index (χ0v) is 18.9. The lowest BCUT2D eigenvalue weighted by atomic mass is 9.97. The predicted molar refractivity (Wildman–Crippen MR) is 116 cm³/mol. The number of piperidine rings is 1. The highest BCUT2D eigenvalue weighted by molar-refractivity contribution is 7.89. The molecule has 8 nitrogen and oxygen atoms in total. The first-order chi connectivity index (χ1) is 15.3. The van der Waals surface area contributed by atoms with Crippen molar-refractivity contribution in [2.45, 2.75) is 17.7 Å².